The fourth-order valence-electron chi connectivity index (χ4n) is 3.29. The maximum atomic E-state index is 13.2. The van der Waals surface area contributed by atoms with Gasteiger partial charge in [0, 0.05) is 18.7 Å². The summed E-state index contributed by atoms with van der Waals surface area (Å²) in [5.74, 6) is -0.202. The number of halogens is 1. The zero-order valence-electron chi connectivity index (χ0n) is 18.2. The second kappa shape index (κ2) is 11.1. The molecule has 170 valence electrons. The van der Waals surface area contributed by atoms with Gasteiger partial charge in [0.15, 0.2) is 0 Å². The first-order valence-electron chi connectivity index (χ1n) is 10.6. The maximum absolute atomic E-state index is 13.2. The molecule has 7 nitrogen and oxygen atoms in total. The van der Waals surface area contributed by atoms with Gasteiger partial charge in [-0.25, -0.2) is 0 Å². The molecule has 8 heteroatoms. The number of hydrogen-bond donors (Lipinski definition) is 1. The Balaban J connectivity index is 1.67. The van der Waals surface area contributed by atoms with Crippen molar-refractivity contribution in [3.05, 3.63) is 64.1 Å². The Morgan fingerprint density at radius 2 is 1.94 bits per heavy atom. The van der Waals surface area contributed by atoms with E-state index in [9.17, 15) is 14.4 Å². The Labute approximate surface area is 196 Å². The van der Waals surface area contributed by atoms with E-state index in [2.05, 4.69) is 35.1 Å². The third kappa shape index (κ3) is 6.32. The van der Waals surface area contributed by atoms with Crippen LogP contribution in [0.2, 0.25) is 0 Å². The summed E-state index contributed by atoms with van der Waals surface area (Å²) in [6, 6.07) is 13.4. The van der Waals surface area contributed by atoms with Crippen LogP contribution < -0.4 is 10.1 Å². The third-order valence-corrected chi connectivity index (χ3v) is 5.57. The lowest BCUT2D eigenvalue weighted by Gasteiger charge is -2.34. The highest BCUT2D eigenvalue weighted by atomic mass is 79.9. The molecule has 1 N–H and O–H groups in total. The molecule has 0 spiro atoms. The van der Waals surface area contributed by atoms with Gasteiger partial charge in [-0.2, -0.15) is 0 Å². The van der Waals surface area contributed by atoms with Crippen molar-refractivity contribution in [1.82, 2.24) is 10.2 Å². The van der Waals surface area contributed by atoms with Gasteiger partial charge in [0.2, 0.25) is 5.91 Å². The van der Waals surface area contributed by atoms with Crippen LogP contribution in [0.15, 0.2) is 53.0 Å². The van der Waals surface area contributed by atoms with Crippen LogP contribution in [0.1, 0.15) is 36.2 Å². The van der Waals surface area contributed by atoms with Crippen molar-refractivity contribution in [1.29, 1.82) is 0 Å². The number of carbonyl (C=O) groups excluding carboxylic acids is 3. The number of benzene rings is 2. The third-order valence-electron chi connectivity index (χ3n) is 4.95. The first kappa shape index (κ1) is 23.8. The molecule has 2 aromatic carbocycles. The van der Waals surface area contributed by atoms with Gasteiger partial charge >= 0.3 is 5.97 Å². The second-order valence-corrected chi connectivity index (χ2v) is 8.86. The van der Waals surface area contributed by atoms with E-state index in [0.717, 1.165) is 5.56 Å². The molecular weight excluding hydrogens is 476 g/mol. The van der Waals surface area contributed by atoms with Crippen LogP contribution in [0.25, 0.3) is 0 Å². The van der Waals surface area contributed by atoms with Gasteiger partial charge < -0.3 is 19.7 Å². The fourth-order valence-corrected chi connectivity index (χ4v) is 3.78. The number of hydrogen-bond acceptors (Lipinski definition) is 5. The van der Waals surface area contributed by atoms with Crippen LogP contribution in [0, 0.1) is 5.92 Å². The topological polar surface area (TPSA) is 84.9 Å². The van der Waals surface area contributed by atoms with E-state index in [-0.39, 0.29) is 24.8 Å². The van der Waals surface area contributed by atoms with Gasteiger partial charge in [0.25, 0.3) is 5.91 Å². The molecule has 2 amide bonds. The molecule has 1 heterocycles. The SMILES string of the molecule is CC(C)COc1ccc(C(=O)N2CCNC(=O)C2CC(=O)OCc2ccccc2)cc1Br. The molecule has 1 aliphatic heterocycles. The van der Waals surface area contributed by atoms with Crippen molar-refractivity contribution < 1.29 is 23.9 Å². The molecular formula is C24H27BrN2O5. The molecule has 1 unspecified atom stereocenters. The predicted molar refractivity (Wildman–Crippen MR) is 123 cm³/mol. The monoisotopic (exact) mass is 502 g/mol. The van der Waals surface area contributed by atoms with E-state index >= 15 is 0 Å². The number of ether oxygens (including phenoxy) is 2. The minimum absolute atomic E-state index is 0.118. The number of rotatable bonds is 8. The summed E-state index contributed by atoms with van der Waals surface area (Å²) >= 11 is 3.45. The smallest absolute Gasteiger partial charge is 0.308 e. The molecule has 0 radical (unpaired) electrons. The maximum Gasteiger partial charge on any atom is 0.308 e. The van der Waals surface area contributed by atoms with Crippen LogP contribution >= 0.6 is 15.9 Å². The Morgan fingerprint density at radius 1 is 1.19 bits per heavy atom. The van der Waals surface area contributed by atoms with Gasteiger partial charge in [0.1, 0.15) is 18.4 Å². The standard InChI is InChI=1S/C24H27BrN2O5/c1-16(2)14-31-21-9-8-18(12-19(21)25)24(30)27-11-10-26-23(29)20(27)13-22(28)32-15-17-6-4-3-5-7-17/h3-9,12,16,20H,10-11,13-15H2,1-2H3,(H,26,29). The molecule has 1 saturated heterocycles. The Kier molecular flexibility index (Phi) is 8.27. The summed E-state index contributed by atoms with van der Waals surface area (Å²) in [4.78, 5) is 39.5. The lowest BCUT2D eigenvalue weighted by molar-refractivity contribution is -0.148. The minimum Gasteiger partial charge on any atom is -0.492 e. The number of piperazine rings is 1. The largest absolute Gasteiger partial charge is 0.492 e. The van der Waals surface area contributed by atoms with E-state index < -0.39 is 12.0 Å². The molecule has 0 aliphatic carbocycles. The summed E-state index contributed by atoms with van der Waals surface area (Å²) in [7, 11) is 0. The van der Waals surface area contributed by atoms with E-state index in [4.69, 9.17) is 9.47 Å². The first-order valence-corrected chi connectivity index (χ1v) is 11.3. The Hall–Kier alpha value is -2.87. The highest BCUT2D eigenvalue weighted by molar-refractivity contribution is 9.10. The Bertz CT molecular complexity index is 964. The number of carbonyl (C=O) groups is 3. The zero-order chi connectivity index (χ0) is 23.1. The lowest BCUT2D eigenvalue weighted by Crippen LogP contribution is -2.57. The summed E-state index contributed by atoms with van der Waals surface area (Å²) in [6.45, 7) is 5.43. The quantitative estimate of drug-likeness (QED) is 0.557. The summed E-state index contributed by atoms with van der Waals surface area (Å²) in [5.41, 5.74) is 1.26. The van der Waals surface area contributed by atoms with Gasteiger partial charge in [-0.05, 0) is 45.6 Å². The van der Waals surface area contributed by atoms with Gasteiger partial charge in [0.05, 0.1) is 17.5 Å². The molecule has 0 bridgehead atoms. The van der Waals surface area contributed by atoms with Crippen LogP contribution in [-0.4, -0.2) is 48.4 Å². The normalized spacial score (nSPS) is 15.9. The van der Waals surface area contributed by atoms with E-state index in [1.54, 1.807) is 18.2 Å². The molecule has 0 saturated carbocycles. The highest BCUT2D eigenvalue weighted by Gasteiger charge is 2.35. The summed E-state index contributed by atoms with van der Waals surface area (Å²) < 4.78 is 11.7. The van der Waals surface area contributed by atoms with Crippen LogP contribution in [0.4, 0.5) is 0 Å². The average molecular weight is 503 g/mol. The van der Waals surface area contributed by atoms with E-state index in [1.807, 2.05) is 30.3 Å². The van der Waals surface area contributed by atoms with E-state index in [0.29, 0.717) is 41.4 Å². The van der Waals surface area contributed by atoms with Gasteiger partial charge in [-0.1, -0.05) is 44.2 Å². The summed E-state index contributed by atoms with van der Waals surface area (Å²) in [5, 5.41) is 2.73. The first-order chi connectivity index (χ1) is 15.3. The zero-order valence-corrected chi connectivity index (χ0v) is 19.8. The number of amides is 2. The van der Waals surface area contributed by atoms with Crippen molar-refractivity contribution in [2.24, 2.45) is 5.92 Å². The van der Waals surface area contributed by atoms with Crippen LogP contribution in [0.3, 0.4) is 0 Å². The van der Waals surface area contributed by atoms with Gasteiger partial charge in [-0.3, -0.25) is 14.4 Å². The average Bonchev–Trinajstić information content (AvgIpc) is 2.78. The van der Waals surface area contributed by atoms with Crippen LogP contribution in [-0.2, 0) is 20.9 Å². The minimum atomic E-state index is -0.921. The molecule has 1 fully saturated rings. The Morgan fingerprint density at radius 3 is 2.62 bits per heavy atom. The lowest BCUT2D eigenvalue weighted by atomic mass is 10.1. The van der Waals surface area contributed by atoms with Gasteiger partial charge in [-0.15, -0.1) is 0 Å². The van der Waals surface area contributed by atoms with Crippen molar-refractivity contribution >= 4 is 33.7 Å². The van der Waals surface area contributed by atoms with Crippen molar-refractivity contribution in [3.63, 3.8) is 0 Å². The summed E-state index contributed by atoms with van der Waals surface area (Å²) in [6.07, 6.45) is -0.207. The van der Waals surface area contributed by atoms with Crippen molar-refractivity contribution in [2.75, 3.05) is 19.7 Å². The molecule has 1 atom stereocenters. The second-order valence-electron chi connectivity index (χ2n) is 8.01. The number of esters is 1. The number of nitrogens with zero attached hydrogens (tertiary/aromatic N) is 1. The molecule has 0 aromatic heterocycles. The molecule has 2 aromatic rings. The number of nitrogens with one attached hydrogen (secondary N) is 1. The van der Waals surface area contributed by atoms with Crippen molar-refractivity contribution in [3.8, 4) is 5.75 Å². The van der Waals surface area contributed by atoms with Crippen LogP contribution in [0.5, 0.6) is 5.75 Å². The molecule has 32 heavy (non-hydrogen) atoms. The fraction of sp³-hybridized carbons (Fsp3) is 0.375. The van der Waals surface area contributed by atoms with E-state index in [1.165, 1.54) is 4.90 Å². The van der Waals surface area contributed by atoms with Crippen molar-refractivity contribution in [2.45, 2.75) is 32.9 Å². The predicted octanol–water partition coefficient (Wildman–Crippen LogP) is 3.56. The molecule has 1 aliphatic rings. The molecule has 3 rings (SSSR count). The highest BCUT2D eigenvalue weighted by Crippen LogP contribution is 2.27.